The molecular weight excluding hydrogens is 450 g/mol. The highest BCUT2D eigenvalue weighted by Gasteiger charge is 2.42. The number of hydrogen-bond acceptors (Lipinski definition) is 6. The lowest BCUT2D eigenvalue weighted by atomic mass is 10.1. The predicted molar refractivity (Wildman–Crippen MR) is 131 cm³/mol. The number of benzene rings is 1. The van der Waals surface area contributed by atoms with Gasteiger partial charge in [0.1, 0.15) is 5.69 Å². The van der Waals surface area contributed by atoms with Crippen molar-refractivity contribution in [1.29, 1.82) is 0 Å². The van der Waals surface area contributed by atoms with E-state index in [-0.39, 0.29) is 23.5 Å². The molecule has 34 heavy (non-hydrogen) atoms. The molecule has 2 fully saturated rings. The van der Waals surface area contributed by atoms with Crippen molar-refractivity contribution in [2.24, 2.45) is 0 Å². The van der Waals surface area contributed by atoms with E-state index in [1.807, 2.05) is 48.7 Å². The van der Waals surface area contributed by atoms with Gasteiger partial charge in [0.15, 0.2) is 9.84 Å². The number of amides is 1. The fourth-order valence-corrected chi connectivity index (χ4v) is 6.70. The number of sulfone groups is 1. The number of aromatic nitrogens is 3. The molecule has 2 aliphatic heterocycles. The van der Waals surface area contributed by atoms with Crippen LogP contribution in [0.3, 0.4) is 0 Å². The quantitative estimate of drug-likeness (QED) is 0.548. The van der Waals surface area contributed by atoms with Crippen LogP contribution in [0.25, 0.3) is 23.0 Å². The van der Waals surface area contributed by atoms with Crippen LogP contribution in [0, 0.1) is 0 Å². The van der Waals surface area contributed by atoms with Crippen LogP contribution in [0.1, 0.15) is 18.4 Å². The van der Waals surface area contributed by atoms with Gasteiger partial charge in [0.2, 0.25) is 5.91 Å². The van der Waals surface area contributed by atoms with E-state index >= 15 is 0 Å². The zero-order valence-corrected chi connectivity index (χ0v) is 19.6. The highest BCUT2D eigenvalue weighted by molar-refractivity contribution is 7.91. The molecule has 3 aromatic rings. The maximum absolute atomic E-state index is 12.8. The normalized spacial score (nSPS) is 22.4. The molecule has 0 saturated carbocycles. The number of hydrogen-bond donors (Lipinski definition) is 1. The Morgan fingerprint density at radius 1 is 1.06 bits per heavy atom. The smallest absolute Gasteiger partial charge is 0.244 e. The van der Waals surface area contributed by atoms with Gasteiger partial charge in [-0.2, -0.15) is 5.10 Å². The summed E-state index contributed by atoms with van der Waals surface area (Å²) in [6.07, 6.45) is 10.6. The van der Waals surface area contributed by atoms with E-state index in [1.54, 1.807) is 23.2 Å². The van der Waals surface area contributed by atoms with Crippen LogP contribution < -0.4 is 5.32 Å². The van der Waals surface area contributed by atoms with Gasteiger partial charge in [0.05, 0.1) is 23.2 Å². The van der Waals surface area contributed by atoms with E-state index in [9.17, 15) is 13.2 Å². The van der Waals surface area contributed by atoms with Crippen LogP contribution in [0.2, 0.25) is 0 Å². The maximum atomic E-state index is 12.8. The minimum atomic E-state index is -3.17. The molecule has 0 spiro atoms. The van der Waals surface area contributed by atoms with Gasteiger partial charge in [-0.05, 0) is 56.3 Å². The number of pyridine rings is 1. The summed E-state index contributed by atoms with van der Waals surface area (Å²) < 4.78 is 26.4. The SMILES string of the molecule is O=C(/C=C/c1cn(-c2ccccc2)nc1-c1cccnc1)NC1CS(=O)(=O)CC1N1CCCC1. The monoisotopic (exact) mass is 477 g/mol. The van der Waals surface area contributed by atoms with Crippen molar-refractivity contribution in [3.05, 3.63) is 72.7 Å². The van der Waals surface area contributed by atoms with Crippen LogP contribution in [-0.4, -0.2) is 70.7 Å². The van der Waals surface area contributed by atoms with Gasteiger partial charge in [0, 0.05) is 41.8 Å². The van der Waals surface area contributed by atoms with Gasteiger partial charge >= 0.3 is 0 Å². The first-order valence-electron chi connectivity index (χ1n) is 11.5. The first-order chi connectivity index (χ1) is 16.5. The third kappa shape index (κ3) is 4.95. The molecule has 8 nitrogen and oxygen atoms in total. The van der Waals surface area contributed by atoms with Gasteiger partial charge in [-0.25, -0.2) is 13.1 Å². The standard InChI is InChI=1S/C25H27N5O3S/c31-24(27-22-17-34(32,33)18-23(22)29-13-4-5-14-29)11-10-20-16-30(21-8-2-1-3-9-21)28-25(20)19-7-6-12-26-15-19/h1-3,6-12,15-16,22-23H,4-5,13-14,17-18H2,(H,27,31)/b11-10+. The number of nitrogens with zero attached hydrogens (tertiary/aromatic N) is 4. The van der Waals surface area contributed by atoms with Crippen molar-refractivity contribution in [3.8, 4) is 16.9 Å². The summed E-state index contributed by atoms with van der Waals surface area (Å²) >= 11 is 0. The van der Waals surface area contributed by atoms with Crippen molar-refractivity contribution in [2.75, 3.05) is 24.6 Å². The average molecular weight is 478 g/mol. The lowest BCUT2D eigenvalue weighted by Gasteiger charge is -2.28. The first kappa shape index (κ1) is 22.5. The van der Waals surface area contributed by atoms with Crippen molar-refractivity contribution in [2.45, 2.75) is 24.9 Å². The molecule has 2 unspecified atom stereocenters. The highest BCUT2D eigenvalue weighted by atomic mass is 32.2. The predicted octanol–water partition coefficient (Wildman–Crippen LogP) is 2.33. The van der Waals surface area contributed by atoms with Crippen LogP contribution in [0.5, 0.6) is 0 Å². The summed E-state index contributed by atoms with van der Waals surface area (Å²) in [4.78, 5) is 19.2. The molecule has 2 aromatic heterocycles. The number of carbonyl (C=O) groups excluding carboxylic acids is 1. The van der Waals surface area contributed by atoms with E-state index in [4.69, 9.17) is 5.10 Å². The number of nitrogens with one attached hydrogen (secondary N) is 1. The molecule has 4 heterocycles. The molecular formula is C25H27N5O3S. The van der Waals surface area contributed by atoms with Crippen LogP contribution >= 0.6 is 0 Å². The van der Waals surface area contributed by atoms with Gasteiger partial charge in [0.25, 0.3) is 0 Å². The molecule has 2 aliphatic rings. The van der Waals surface area contributed by atoms with Gasteiger partial charge in [-0.1, -0.05) is 18.2 Å². The molecule has 1 aromatic carbocycles. The van der Waals surface area contributed by atoms with Crippen LogP contribution in [0.4, 0.5) is 0 Å². The second kappa shape index (κ2) is 9.52. The molecule has 0 aliphatic carbocycles. The van der Waals surface area contributed by atoms with Gasteiger partial charge in [-0.15, -0.1) is 0 Å². The van der Waals surface area contributed by atoms with Gasteiger partial charge < -0.3 is 5.32 Å². The average Bonchev–Trinajstić information content (AvgIpc) is 3.58. The van der Waals surface area contributed by atoms with Crippen molar-refractivity contribution >= 4 is 21.8 Å². The summed E-state index contributed by atoms with van der Waals surface area (Å²) in [6, 6.07) is 13.0. The molecule has 9 heteroatoms. The Morgan fingerprint density at radius 3 is 2.59 bits per heavy atom. The summed E-state index contributed by atoms with van der Waals surface area (Å²) in [5.41, 5.74) is 3.22. The third-order valence-corrected chi connectivity index (χ3v) is 8.09. The lowest BCUT2D eigenvalue weighted by molar-refractivity contribution is -0.117. The van der Waals surface area contributed by atoms with E-state index in [0.717, 1.165) is 42.7 Å². The Bertz CT molecular complexity index is 1280. The Balaban J connectivity index is 1.38. The van der Waals surface area contributed by atoms with E-state index < -0.39 is 15.9 Å². The lowest BCUT2D eigenvalue weighted by Crippen LogP contribution is -2.49. The van der Waals surface area contributed by atoms with Crippen molar-refractivity contribution < 1.29 is 13.2 Å². The third-order valence-electron chi connectivity index (χ3n) is 6.37. The van der Waals surface area contributed by atoms with Crippen LogP contribution in [-0.2, 0) is 14.6 Å². The van der Waals surface area contributed by atoms with E-state index in [1.165, 1.54) is 6.08 Å². The molecule has 2 saturated heterocycles. The number of likely N-dealkylation sites (tertiary alicyclic amines) is 1. The highest BCUT2D eigenvalue weighted by Crippen LogP contribution is 2.25. The topological polar surface area (TPSA) is 97.2 Å². The van der Waals surface area contributed by atoms with E-state index in [2.05, 4.69) is 15.2 Å². The molecule has 0 bridgehead atoms. The Kier molecular flexibility index (Phi) is 6.30. The summed E-state index contributed by atoms with van der Waals surface area (Å²) in [5, 5.41) is 7.67. The fraction of sp³-hybridized carbons (Fsp3) is 0.320. The van der Waals surface area contributed by atoms with E-state index in [0.29, 0.717) is 5.69 Å². The zero-order chi connectivity index (χ0) is 23.5. The van der Waals surface area contributed by atoms with Crippen LogP contribution in [0.15, 0.2) is 67.1 Å². The number of carbonyl (C=O) groups is 1. The Labute approximate surface area is 199 Å². The summed E-state index contributed by atoms with van der Waals surface area (Å²) in [5.74, 6) is -0.215. The fourth-order valence-electron chi connectivity index (χ4n) is 4.75. The Morgan fingerprint density at radius 2 is 1.85 bits per heavy atom. The summed E-state index contributed by atoms with van der Waals surface area (Å²) in [7, 11) is -3.17. The van der Waals surface area contributed by atoms with Gasteiger partial charge in [-0.3, -0.25) is 14.7 Å². The maximum Gasteiger partial charge on any atom is 0.244 e. The molecule has 0 radical (unpaired) electrons. The largest absolute Gasteiger partial charge is 0.347 e. The Hall–Kier alpha value is -3.30. The van der Waals surface area contributed by atoms with Crippen molar-refractivity contribution in [3.63, 3.8) is 0 Å². The minimum Gasteiger partial charge on any atom is -0.347 e. The van der Waals surface area contributed by atoms with Crippen molar-refractivity contribution in [1.82, 2.24) is 25.0 Å². The molecule has 1 N–H and O–H groups in total. The molecule has 5 rings (SSSR count). The zero-order valence-electron chi connectivity index (χ0n) is 18.7. The second-order valence-electron chi connectivity index (χ2n) is 8.79. The first-order valence-corrected chi connectivity index (χ1v) is 13.3. The second-order valence-corrected chi connectivity index (χ2v) is 10.9. The molecule has 176 valence electrons. The molecule has 2 atom stereocenters. The summed E-state index contributed by atoms with van der Waals surface area (Å²) in [6.45, 7) is 1.77. The number of rotatable bonds is 6. The molecule has 1 amide bonds. The minimum absolute atomic E-state index is 0.0133. The number of para-hydroxylation sites is 1.